The lowest BCUT2D eigenvalue weighted by Gasteiger charge is -2.12. The fourth-order valence-corrected chi connectivity index (χ4v) is 2.73. The van der Waals surface area contributed by atoms with Gasteiger partial charge >= 0.3 is 5.69 Å². The van der Waals surface area contributed by atoms with Crippen molar-refractivity contribution in [1.29, 1.82) is 0 Å². The van der Waals surface area contributed by atoms with Crippen molar-refractivity contribution >= 4 is 22.2 Å². The molecule has 120 valence electrons. The lowest BCUT2D eigenvalue weighted by atomic mass is 9.95. The number of hydrogen-bond acceptors (Lipinski definition) is 4. The molecule has 3 aromatic rings. The average Bonchev–Trinajstić information content (AvgIpc) is 2.59. The number of benzene rings is 2. The van der Waals surface area contributed by atoms with Gasteiger partial charge in [0.05, 0.1) is 17.5 Å². The van der Waals surface area contributed by atoms with Crippen LogP contribution in [0.15, 0.2) is 55.1 Å². The number of aryl methyl sites for hydroxylation is 1. The van der Waals surface area contributed by atoms with Gasteiger partial charge < -0.3 is 4.74 Å². The number of hydrogen-bond donors (Lipinski definition) is 0. The van der Waals surface area contributed by atoms with E-state index < -0.39 is 4.92 Å². The molecule has 1 aromatic heterocycles. The van der Waals surface area contributed by atoms with Crippen LogP contribution in [0, 0.1) is 17.0 Å². The highest BCUT2D eigenvalue weighted by Gasteiger charge is 2.17. The first-order valence-electron chi connectivity index (χ1n) is 7.39. The minimum atomic E-state index is -0.453. The van der Waals surface area contributed by atoms with E-state index in [1.165, 1.54) is 13.2 Å². The van der Waals surface area contributed by atoms with Crippen LogP contribution in [0.2, 0.25) is 0 Å². The molecular formula is C19H16N2O3. The Labute approximate surface area is 139 Å². The van der Waals surface area contributed by atoms with Crippen LogP contribution in [0.4, 0.5) is 5.69 Å². The van der Waals surface area contributed by atoms with Crippen LogP contribution in [-0.2, 0) is 0 Å². The Kier molecular flexibility index (Phi) is 4.00. The van der Waals surface area contributed by atoms with E-state index in [0.717, 1.165) is 22.2 Å². The van der Waals surface area contributed by atoms with Gasteiger partial charge in [0.15, 0.2) is 5.75 Å². The molecule has 3 rings (SSSR count). The summed E-state index contributed by atoms with van der Waals surface area (Å²) >= 11 is 0. The SMILES string of the molecule is C=C(c1ccc(OC)c([N+](=O)[O-])c1)c1cc(C)nc2ccccc12. The number of methoxy groups -OCH3 is 1. The van der Waals surface area contributed by atoms with Crippen LogP contribution >= 0.6 is 0 Å². The average molecular weight is 320 g/mol. The maximum atomic E-state index is 11.2. The fourth-order valence-electron chi connectivity index (χ4n) is 2.73. The summed E-state index contributed by atoms with van der Waals surface area (Å²) in [5, 5.41) is 12.2. The number of nitro groups is 1. The fraction of sp³-hybridized carbons (Fsp3) is 0.105. The van der Waals surface area contributed by atoms with E-state index >= 15 is 0 Å². The van der Waals surface area contributed by atoms with E-state index in [1.54, 1.807) is 12.1 Å². The van der Waals surface area contributed by atoms with Gasteiger partial charge in [0.2, 0.25) is 0 Å². The van der Waals surface area contributed by atoms with Gasteiger partial charge in [0, 0.05) is 17.1 Å². The Morgan fingerprint density at radius 2 is 1.96 bits per heavy atom. The van der Waals surface area contributed by atoms with Crippen LogP contribution in [0.25, 0.3) is 16.5 Å². The molecule has 0 unspecified atom stereocenters. The molecule has 0 saturated carbocycles. The van der Waals surface area contributed by atoms with Gasteiger partial charge in [-0.15, -0.1) is 0 Å². The third-order valence-corrected chi connectivity index (χ3v) is 3.89. The molecule has 0 spiro atoms. The summed E-state index contributed by atoms with van der Waals surface area (Å²) in [4.78, 5) is 15.3. The minimum Gasteiger partial charge on any atom is -0.490 e. The third-order valence-electron chi connectivity index (χ3n) is 3.89. The van der Waals surface area contributed by atoms with Crippen molar-refractivity contribution in [3.8, 4) is 5.75 Å². The molecule has 0 aliphatic heterocycles. The second kappa shape index (κ2) is 6.12. The summed E-state index contributed by atoms with van der Waals surface area (Å²) < 4.78 is 5.06. The van der Waals surface area contributed by atoms with Crippen LogP contribution < -0.4 is 4.74 Å². The summed E-state index contributed by atoms with van der Waals surface area (Å²) in [7, 11) is 1.41. The van der Waals surface area contributed by atoms with E-state index in [-0.39, 0.29) is 11.4 Å². The molecule has 0 amide bonds. The summed E-state index contributed by atoms with van der Waals surface area (Å²) in [6, 6.07) is 14.6. The van der Waals surface area contributed by atoms with Crippen molar-refractivity contribution in [2.45, 2.75) is 6.92 Å². The molecule has 1 heterocycles. The molecule has 0 fully saturated rings. The van der Waals surface area contributed by atoms with Gasteiger partial charge in [0.25, 0.3) is 0 Å². The first-order valence-corrected chi connectivity index (χ1v) is 7.39. The van der Waals surface area contributed by atoms with Crippen molar-refractivity contribution in [3.63, 3.8) is 0 Å². The van der Waals surface area contributed by atoms with Crippen LogP contribution in [0.5, 0.6) is 5.75 Å². The third kappa shape index (κ3) is 2.72. The molecule has 5 nitrogen and oxygen atoms in total. The van der Waals surface area contributed by atoms with Crippen molar-refractivity contribution in [1.82, 2.24) is 4.98 Å². The van der Waals surface area contributed by atoms with E-state index in [4.69, 9.17) is 4.74 Å². The number of nitro benzene ring substituents is 1. The van der Waals surface area contributed by atoms with E-state index in [0.29, 0.717) is 11.1 Å². The number of pyridine rings is 1. The summed E-state index contributed by atoms with van der Waals surface area (Å²) in [5.41, 5.74) is 3.97. The minimum absolute atomic E-state index is 0.0776. The quantitative estimate of drug-likeness (QED) is 0.523. The molecule has 0 atom stereocenters. The van der Waals surface area contributed by atoms with E-state index in [2.05, 4.69) is 11.6 Å². The van der Waals surface area contributed by atoms with Crippen LogP contribution in [0.3, 0.4) is 0 Å². The summed E-state index contributed by atoms with van der Waals surface area (Å²) in [5.74, 6) is 0.229. The second-order valence-electron chi connectivity index (χ2n) is 5.45. The van der Waals surface area contributed by atoms with Gasteiger partial charge in [0.1, 0.15) is 0 Å². The van der Waals surface area contributed by atoms with Gasteiger partial charge in [-0.1, -0.05) is 30.8 Å². The standard InChI is InChI=1S/C19H16N2O3/c1-12-10-16(15-6-4-5-7-17(15)20-12)13(2)14-8-9-19(24-3)18(11-14)21(22)23/h4-11H,2H2,1,3H3. The summed E-state index contributed by atoms with van der Waals surface area (Å²) in [6.45, 7) is 6.07. The maximum absolute atomic E-state index is 11.2. The van der Waals surface area contributed by atoms with Gasteiger partial charge in [-0.3, -0.25) is 15.1 Å². The molecule has 0 saturated heterocycles. The predicted molar refractivity (Wildman–Crippen MR) is 94.3 cm³/mol. The molecule has 24 heavy (non-hydrogen) atoms. The zero-order valence-corrected chi connectivity index (χ0v) is 13.4. The monoisotopic (exact) mass is 320 g/mol. The van der Waals surface area contributed by atoms with Crippen LogP contribution in [0.1, 0.15) is 16.8 Å². The van der Waals surface area contributed by atoms with Crippen molar-refractivity contribution in [2.75, 3.05) is 7.11 Å². The molecule has 0 aliphatic carbocycles. The van der Waals surface area contributed by atoms with Crippen molar-refractivity contribution in [3.05, 3.63) is 82.0 Å². The Morgan fingerprint density at radius 1 is 1.21 bits per heavy atom. The first kappa shape index (κ1) is 15.7. The first-order chi connectivity index (χ1) is 11.5. The molecule has 2 aromatic carbocycles. The lowest BCUT2D eigenvalue weighted by molar-refractivity contribution is -0.385. The van der Waals surface area contributed by atoms with Gasteiger partial charge in [-0.2, -0.15) is 0 Å². The van der Waals surface area contributed by atoms with Gasteiger partial charge in [-0.05, 0) is 41.8 Å². The highest BCUT2D eigenvalue weighted by Crippen LogP contribution is 2.34. The maximum Gasteiger partial charge on any atom is 0.311 e. The molecule has 0 N–H and O–H groups in total. The van der Waals surface area contributed by atoms with Crippen molar-refractivity contribution in [2.24, 2.45) is 0 Å². The van der Waals surface area contributed by atoms with E-state index in [1.807, 2.05) is 37.3 Å². The Bertz CT molecular complexity index is 964. The Morgan fingerprint density at radius 3 is 2.67 bits per heavy atom. The second-order valence-corrected chi connectivity index (χ2v) is 5.45. The number of rotatable bonds is 4. The molecule has 0 aliphatic rings. The Balaban J connectivity index is 2.17. The number of ether oxygens (including phenoxy) is 1. The highest BCUT2D eigenvalue weighted by atomic mass is 16.6. The van der Waals surface area contributed by atoms with E-state index in [9.17, 15) is 10.1 Å². The summed E-state index contributed by atoms with van der Waals surface area (Å²) in [6.07, 6.45) is 0. The van der Waals surface area contributed by atoms with Gasteiger partial charge in [-0.25, -0.2) is 0 Å². The molecule has 5 heteroatoms. The molecule has 0 bridgehead atoms. The van der Waals surface area contributed by atoms with Crippen molar-refractivity contribution < 1.29 is 9.66 Å². The topological polar surface area (TPSA) is 65.3 Å². The highest BCUT2D eigenvalue weighted by molar-refractivity contribution is 5.95. The largest absolute Gasteiger partial charge is 0.490 e. The number of nitrogens with zero attached hydrogens (tertiary/aromatic N) is 2. The predicted octanol–water partition coefficient (Wildman–Crippen LogP) is 4.52. The Hall–Kier alpha value is -3.21. The normalized spacial score (nSPS) is 10.6. The zero-order chi connectivity index (χ0) is 17.3. The number of para-hydroxylation sites is 1. The van der Waals surface area contributed by atoms with Crippen LogP contribution in [-0.4, -0.2) is 17.0 Å². The zero-order valence-electron chi connectivity index (χ0n) is 13.4. The number of fused-ring (bicyclic) bond motifs is 1. The number of aromatic nitrogens is 1. The molecular weight excluding hydrogens is 304 g/mol. The molecule has 0 radical (unpaired) electrons. The smallest absolute Gasteiger partial charge is 0.311 e. The lowest BCUT2D eigenvalue weighted by Crippen LogP contribution is -1.97.